The molecular weight excluding hydrogens is 244 g/mol. The van der Waals surface area contributed by atoms with E-state index in [2.05, 4.69) is 10.3 Å². The maximum Gasteiger partial charge on any atom is 0.260 e. The molecule has 0 saturated carbocycles. The lowest BCUT2D eigenvalue weighted by atomic mass is 9.88. The summed E-state index contributed by atoms with van der Waals surface area (Å²) in [4.78, 5) is 26.2. The van der Waals surface area contributed by atoms with Gasteiger partial charge in [0.05, 0.1) is 12.6 Å². The van der Waals surface area contributed by atoms with Crippen LogP contribution in [0.3, 0.4) is 0 Å². The molecule has 5 nitrogen and oxygen atoms in total. The number of aliphatic hydroxyl groups excluding tert-OH is 1. The van der Waals surface area contributed by atoms with Crippen molar-refractivity contribution >= 4 is 5.91 Å². The second kappa shape index (κ2) is 6.02. The predicted octanol–water partition coefficient (Wildman–Crippen LogP) is 1.21. The number of hydrogen-bond acceptors (Lipinski definition) is 3. The molecule has 1 unspecified atom stereocenters. The minimum absolute atomic E-state index is 0.0135. The molecular formula is C14H22N2O3. The number of amides is 1. The average Bonchev–Trinajstić information content (AvgIpc) is 2.25. The number of rotatable bonds is 4. The summed E-state index contributed by atoms with van der Waals surface area (Å²) in [5.74, 6) is -0.454. The van der Waals surface area contributed by atoms with E-state index in [4.69, 9.17) is 0 Å². The lowest BCUT2D eigenvalue weighted by Gasteiger charge is -2.25. The number of carbonyl (C=O) groups is 1. The van der Waals surface area contributed by atoms with Gasteiger partial charge in [0.25, 0.3) is 11.5 Å². The zero-order valence-electron chi connectivity index (χ0n) is 11.9. The van der Waals surface area contributed by atoms with Crippen molar-refractivity contribution in [3.63, 3.8) is 0 Å². The maximum atomic E-state index is 12.0. The van der Waals surface area contributed by atoms with Gasteiger partial charge in [-0.25, -0.2) is 0 Å². The van der Waals surface area contributed by atoms with Crippen LogP contribution in [-0.4, -0.2) is 28.6 Å². The summed E-state index contributed by atoms with van der Waals surface area (Å²) in [6, 6.07) is 2.82. The minimum Gasteiger partial charge on any atom is -0.394 e. The molecule has 0 aliphatic carbocycles. The fourth-order valence-corrected chi connectivity index (χ4v) is 1.91. The van der Waals surface area contributed by atoms with E-state index in [9.17, 15) is 14.7 Å². The van der Waals surface area contributed by atoms with Crippen molar-refractivity contribution in [2.24, 2.45) is 5.41 Å². The summed E-state index contributed by atoms with van der Waals surface area (Å²) in [5, 5.41) is 12.0. The highest BCUT2D eigenvalue weighted by Gasteiger charge is 2.21. The van der Waals surface area contributed by atoms with Gasteiger partial charge in [-0.15, -0.1) is 0 Å². The number of aryl methyl sites for hydroxylation is 1. The Morgan fingerprint density at radius 1 is 1.42 bits per heavy atom. The molecule has 1 aromatic heterocycles. The van der Waals surface area contributed by atoms with E-state index in [1.165, 1.54) is 6.07 Å². The van der Waals surface area contributed by atoms with Crippen LogP contribution in [0.15, 0.2) is 16.9 Å². The van der Waals surface area contributed by atoms with Gasteiger partial charge in [0.1, 0.15) is 5.56 Å². The predicted molar refractivity (Wildman–Crippen MR) is 74.2 cm³/mol. The Labute approximate surface area is 113 Å². The van der Waals surface area contributed by atoms with E-state index < -0.39 is 11.5 Å². The van der Waals surface area contributed by atoms with Gasteiger partial charge in [-0.2, -0.15) is 0 Å². The Morgan fingerprint density at radius 3 is 2.53 bits per heavy atom. The van der Waals surface area contributed by atoms with E-state index in [1.807, 2.05) is 20.8 Å². The topological polar surface area (TPSA) is 82.2 Å². The van der Waals surface area contributed by atoms with Crippen molar-refractivity contribution in [1.82, 2.24) is 10.3 Å². The van der Waals surface area contributed by atoms with Gasteiger partial charge in [-0.1, -0.05) is 20.8 Å². The van der Waals surface area contributed by atoms with Crippen LogP contribution in [0.1, 0.15) is 43.2 Å². The number of aromatic nitrogens is 1. The molecule has 1 heterocycles. The number of nitrogens with one attached hydrogen (secondary N) is 2. The number of pyridine rings is 1. The van der Waals surface area contributed by atoms with Gasteiger partial charge < -0.3 is 15.4 Å². The Morgan fingerprint density at radius 2 is 2.05 bits per heavy atom. The van der Waals surface area contributed by atoms with Gasteiger partial charge in [0, 0.05) is 5.69 Å². The molecule has 5 heteroatoms. The first-order valence-corrected chi connectivity index (χ1v) is 6.34. The van der Waals surface area contributed by atoms with Crippen molar-refractivity contribution in [1.29, 1.82) is 0 Å². The second-order valence-electron chi connectivity index (χ2n) is 6.00. The molecule has 1 rings (SSSR count). The number of aromatic amines is 1. The number of carbonyl (C=O) groups excluding carboxylic acids is 1. The van der Waals surface area contributed by atoms with Crippen LogP contribution in [0.4, 0.5) is 0 Å². The number of hydrogen-bond donors (Lipinski definition) is 3. The molecule has 0 aliphatic rings. The fourth-order valence-electron chi connectivity index (χ4n) is 1.91. The fraction of sp³-hybridized carbons (Fsp3) is 0.571. The first kappa shape index (κ1) is 15.4. The monoisotopic (exact) mass is 266 g/mol. The molecule has 3 N–H and O–H groups in total. The molecule has 0 radical (unpaired) electrons. The van der Waals surface area contributed by atoms with Crippen molar-refractivity contribution in [2.45, 2.75) is 40.2 Å². The number of H-pyrrole nitrogens is 1. The third-order valence-electron chi connectivity index (χ3n) is 2.71. The van der Waals surface area contributed by atoms with Crippen molar-refractivity contribution in [2.75, 3.05) is 6.61 Å². The first-order valence-electron chi connectivity index (χ1n) is 6.34. The molecule has 1 atom stereocenters. The smallest absolute Gasteiger partial charge is 0.260 e. The Bertz CT molecular complexity index is 500. The molecule has 0 aromatic carbocycles. The zero-order chi connectivity index (χ0) is 14.6. The van der Waals surface area contributed by atoms with Crippen LogP contribution in [0.25, 0.3) is 0 Å². The molecule has 0 saturated heterocycles. The second-order valence-corrected chi connectivity index (χ2v) is 6.00. The standard InChI is InChI=1S/C14H22N2O3/c1-9-5-6-11(12(18)15-9)13(19)16-10(8-17)7-14(2,3)4/h5-6,10,17H,7-8H2,1-4H3,(H,15,18)(H,16,19). The summed E-state index contributed by atoms with van der Waals surface area (Å²) < 4.78 is 0. The van der Waals surface area contributed by atoms with Crippen LogP contribution in [-0.2, 0) is 0 Å². The lowest BCUT2D eigenvalue weighted by Crippen LogP contribution is -2.41. The van der Waals surface area contributed by atoms with Gasteiger partial charge in [-0.3, -0.25) is 9.59 Å². The third-order valence-corrected chi connectivity index (χ3v) is 2.71. The van der Waals surface area contributed by atoms with Crippen molar-refractivity contribution in [3.05, 3.63) is 33.7 Å². The normalized spacial score (nSPS) is 13.1. The van der Waals surface area contributed by atoms with Gasteiger partial charge in [0.15, 0.2) is 0 Å². The minimum atomic E-state index is -0.454. The molecule has 1 aromatic rings. The van der Waals surface area contributed by atoms with Gasteiger partial charge in [0.2, 0.25) is 0 Å². The molecule has 19 heavy (non-hydrogen) atoms. The molecule has 0 aliphatic heterocycles. The Balaban J connectivity index is 2.80. The molecule has 0 spiro atoms. The molecule has 106 valence electrons. The van der Waals surface area contributed by atoms with E-state index in [0.29, 0.717) is 12.1 Å². The van der Waals surface area contributed by atoms with Crippen LogP contribution >= 0.6 is 0 Å². The highest BCUT2D eigenvalue weighted by atomic mass is 16.3. The van der Waals surface area contributed by atoms with E-state index in [1.54, 1.807) is 13.0 Å². The summed E-state index contributed by atoms with van der Waals surface area (Å²) >= 11 is 0. The van der Waals surface area contributed by atoms with E-state index in [-0.39, 0.29) is 23.6 Å². The summed E-state index contributed by atoms with van der Waals surface area (Å²) in [5.41, 5.74) is 0.346. The SMILES string of the molecule is Cc1ccc(C(=O)NC(CO)CC(C)(C)C)c(=O)[nH]1. The van der Waals surface area contributed by atoms with E-state index in [0.717, 1.165) is 0 Å². The van der Waals surface area contributed by atoms with Crippen LogP contribution < -0.4 is 10.9 Å². The van der Waals surface area contributed by atoms with Crippen LogP contribution in [0, 0.1) is 12.3 Å². The van der Waals surface area contributed by atoms with Crippen molar-refractivity contribution in [3.8, 4) is 0 Å². The van der Waals surface area contributed by atoms with Gasteiger partial charge in [-0.05, 0) is 30.9 Å². The maximum absolute atomic E-state index is 12.0. The first-order chi connectivity index (χ1) is 8.73. The van der Waals surface area contributed by atoms with E-state index >= 15 is 0 Å². The number of aliphatic hydroxyl groups is 1. The largest absolute Gasteiger partial charge is 0.394 e. The summed E-state index contributed by atoms with van der Waals surface area (Å²) in [7, 11) is 0. The molecule has 0 fully saturated rings. The van der Waals surface area contributed by atoms with Crippen LogP contribution in [0.5, 0.6) is 0 Å². The average molecular weight is 266 g/mol. The van der Waals surface area contributed by atoms with Crippen LogP contribution in [0.2, 0.25) is 0 Å². The molecule has 0 bridgehead atoms. The molecule has 1 amide bonds. The Kier molecular flexibility index (Phi) is 4.89. The highest BCUT2D eigenvalue weighted by molar-refractivity contribution is 5.93. The summed E-state index contributed by atoms with van der Waals surface area (Å²) in [6.45, 7) is 7.69. The Hall–Kier alpha value is -1.62. The lowest BCUT2D eigenvalue weighted by molar-refractivity contribution is 0.0896. The highest BCUT2D eigenvalue weighted by Crippen LogP contribution is 2.20. The third kappa shape index (κ3) is 4.87. The quantitative estimate of drug-likeness (QED) is 0.766. The zero-order valence-corrected chi connectivity index (χ0v) is 11.9. The summed E-state index contributed by atoms with van der Waals surface area (Å²) in [6.07, 6.45) is 0.638. The van der Waals surface area contributed by atoms with Gasteiger partial charge >= 0.3 is 0 Å². The van der Waals surface area contributed by atoms with Crippen molar-refractivity contribution < 1.29 is 9.90 Å².